The van der Waals surface area contributed by atoms with Crippen LogP contribution < -0.4 is 0 Å². The Labute approximate surface area is 70.8 Å². The van der Waals surface area contributed by atoms with E-state index in [9.17, 15) is 0 Å². The van der Waals surface area contributed by atoms with Gasteiger partial charge in [0.2, 0.25) is 0 Å². The molecule has 0 amide bonds. The summed E-state index contributed by atoms with van der Waals surface area (Å²) in [6.07, 6.45) is 7.05. The van der Waals surface area contributed by atoms with Crippen molar-refractivity contribution in [1.82, 2.24) is 4.90 Å². The summed E-state index contributed by atoms with van der Waals surface area (Å²) in [5.41, 5.74) is 0. The molecular formula is C10H21N. The minimum atomic E-state index is 0.776. The first-order chi connectivity index (χ1) is 5.25. The summed E-state index contributed by atoms with van der Waals surface area (Å²) in [5.74, 6) is 0. The second-order valence-corrected chi connectivity index (χ2v) is 3.86. The maximum Gasteiger partial charge on any atom is 0.00950 e. The third-order valence-electron chi connectivity index (χ3n) is 3.19. The monoisotopic (exact) mass is 155 g/mol. The molecule has 0 saturated heterocycles. The van der Waals surface area contributed by atoms with Crippen LogP contribution in [0.5, 0.6) is 0 Å². The Balaban J connectivity index is 2.32. The summed E-state index contributed by atoms with van der Waals surface area (Å²) in [6, 6.07) is 1.67. The van der Waals surface area contributed by atoms with E-state index in [1.807, 2.05) is 0 Å². The average Bonchev–Trinajstić information content (AvgIpc) is 2.53. The molecule has 1 atom stereocenters. The van der Waals surface area contributed by atoms with Crippen LogP contribution in [0.25, 0.3) is 0 Å². The predicted molar refractivity (Wildman–Crippen MR) is 49.8 cm³/mol. The second kappa shape index (κ2) is 4.10. The van der Waals surface area contributed by atoms with E-state index in [4.69, 9.17) is 0 Å². The third-order valence-corrected chi connectivity index (χ3v) is 3.19. The molecule has 1 nitrogen and oxygen atoms in total. The third kappa shape index (κ3) is 2.19. The van der Waals surface area contributed by atoms with Crippen LogP contribution in [0.1, 0.15) is 46.0 Å². The fraction of sp³-hybridized carbons (Fsp3) is 1.00. The smallest absolute Gasteiger partial charge is 0.00950 e. The van der Waals surface area contributed by atoms with Crippen molar-refractivity contribution >= 4 is 0 Å². The topological polar surface area (TPSA) is 3.24 Å². The van der Waals surface area contributed by atoms with E-state index in [-0.39, 0.29) is 0 Å². The predicted octanol–water partition coefficient (Wildman–Crippen LogP) is 2.66. The summed E-state index contributed by atoms with van der Waals surface area (Å²) < 4.78 is 0. The average molecular weight is 155 g/mol. The summed E-state index contributed by atoms with van der Waals surface area (Å²) >= 11 is 0. The Morgan fingerprint density at radius 1 is 1.36 bits per heavy atom. The molecule has 0 radical (unpaired) electrons. The zero-order valence-electron chi connectivity index (χ0n) is 8.14. The van der Waals surface area contributed by atoms with Gasteiger partial charge in [0.05, 0.1) is 0 Å². The van der Waals surface area contributed by atoms with Gasteiger partial charge in [0.15, 0.2) is 0 Å². The maximum atomic E-state index is 2.56. The molecule has 1 aliphatic rings. The molecule has 0 spiro atoms. The van der Waals surface area contributed by atoms with Crippen molar-refractivity contribution < 1.29 is 0 Å². The summed E-state index contributed by atoms with van der Waals surface area (Å²) in [7, 11) is 2.28. The van der Waals surface area contributed by atoms with E-state index in [2.05, 4.69) is 25.8 Å². The van der Waals surface area contributed by atoms with Crippen LogP contribution in [-0.2, 0) is 0 Å². The van der Waals surface area contributed by atoms with E-state index in [0.717, 1.165) is 12.1 Å². The molecule has 0 aliphatic heterocycles. The van der Waals surface area contributed by atoms with Crippen molar-refractivity contribution in [2.75, 3.05) is 7.05 Å². The van der Waals surface area contributed by atoms with Crippen molar-refractivity contribution in [2.24, 2.45) is 0 Å². The number of hydrogen-bond donors (Lipinski definition) is 0. The molecule has 1 rings (SSSR count). The zero-order valence-corrected chi connectivity index (χ0v) is 8.14. The maximum absolute atomic E-state index is 2.56. The molecule has 0 aromatic carbocycles. The molecule has 0 heterocycles. The lowest BCUT2D eigenvalue weighted by Gasteiger charge is -2.29. The van der Waals surface area contributed by atoms with Gasteiger partial charge in [-0.2, -0.15) is 0 Å². The SMILES string of the molecule is CCC(C)N(C)C1CCCC1. The van der Waals surface area contributed by atoms with E-state index in [1.165, 1.54) is 32.1 Å². The first-order valence-corrected chi connectivity index (χ1v) is 4.97. The fourth-order valence-electron chi connectivity index (χ4n) is 1.96. The van der Waals surface area contributed by atoms with Crippen molar-refractivity contribution in [3.05, 3.63) is 0 Å². The van der Waals surface area contributed by atoms with Gasteiger partial charge in [0.25, 0.3) is 0 Å². The molecule has 0 N–H and O–H groups in total. The summed E-state index contributed by atoms with van der Waals surface area (Å²) in [5, 5.41) is 0. The number of rotatable bonds is 3. The lowest BCUT2D eigenvalue weighted by Crippen LogP contribution is -2.36. The highest BCUT2D eigenvalue weighted by molar-refractivity contribution is 4.77. The van der Waals surface area contributed by atoms with Crippen LogP contribution in [0.4, 0.5) is 0 Å². The largest absolute Gasteiger partial charge is 0.301 e. The van der Waals surface area contributed by atoms with Crippen molar-refractivity contribution in [1.29, 1.82) is 0 Å². The van der Waals surface area contributed by atoms with Gasteiger partial charge in [-0.05, 0) is 33.2 Å². The highest BCUT2D eigenvalue weighted by Crippen LogP contribution is 2.24. The van der Waals surface area contributed by atoms with Crippen LogP contribution in [0.3, 0.4) is 0 Å². The Kier molecular flexibility index (Phi) is 3.38. The molecule has 1 saturated carbocycles. The van der Waals surface area contributed by atoms with Crippen LogP contribution in [0.2, 0.25) is 0 Å². The van der Waals surface area contributed by atoms with Gasteiger partial charge < -0.3 is 4.90 Å². The molecule has 66 valence electrons. The molecule has 1 fully saturated rings. The minimum absolute atomic E-state index is 0.776. The van der Waals surface area contributed by atoms with Crippen molar-refractivity contribution in [3.63, 3.8) is 0 Å². The highest BCUT2D eigenvalue weighted by Gasteiger charge is 2.21. The Morgan fingerprint density at radius 2 is 1.91 bits per heavy atom. The minimum Gasteiger partial charge on any atom is -0.301 e. The molecule has 0 aromatic rings. The Bertz CT molecular complexity index is 105. The number of nitrogens with zero attached hydrogens (tertiary/aromatic N) is 1. The Hall–Kier alpha value is -0.0400. The molecule has 11 heavy (non-hydrogen) atoms. The van der Waals surface area contributed by atoms with Crippen LogP contribution in [0, 0.1) is 0 Å². The van der Waals surface area contributed by atoms with Gasteiger partial charge in [-0.25, -0.2) is 0 Å². The van der Waals surface area contributed by atoms with Crippen molar-refractivity contribution in [2.45, 2.75) is 58.0 Å². The molecule has 0 aromatic heterocycles. The normalized spacial score (nSPS) is 22.9. The fourth-order valence-corrected chi connectivity index (χ4v) is 1.96. The Morgan fingerprint density at radius 3 is 2.36 bits per heavy atom. The highest BCUT2D eigenvalue weighted by atomic mass is 15.2. The zero-order chi connectivity index (χ0) is 8.27. The van der Waals surface area contributed by atoms with Gasteiger partial charge in [-0.1, -0.05) is 19.8 Å². The molecule has 1 heteroatoms. The lowest BCUT2D eigenvalue weighted by molar-refractivity contribution is 0.182. The number of hydrogen-bond acceptors (Lipinski definition) is 1. The molecule has 0 bridgehead atoms. The van der Waals surface area contributed by atoms with E-state index >= 15 is 0 Å². The summed E-state index contributed by atoms with van der Waals surface area (Å²) in [4.78, 5) is 2.56. The second-order valence-electron chi connectivity index (χ2n) is 3.86. The first-order valence-electron chi connectivity index (χ1n) is 4.97. The lowest BCUT2D eigenvalue weighted by atomic mass is 10.1. The first kappa shape index (κ1) is 9.05. The van der Waals surface area contributed by atoms with Gasteiger partial charge in [-0.3, -0.25) is 0 Å². The molecular weight excluding hydrogens is 134 g/mol. The van der Waals surface area contributed by atoms with E-state index in [1.54, 1.807) is 0 Å². The molecule has 1 aliphatic carbocycles. The van der Waals surface area contributed by atoms with Gasteiger partial charge in [0, 0.05) is 12.1 Å². The van der Waals surface area contributed by atoms with E-state index in [0.29, 0.717) is 0 Å². The van der Waals surface area contributed by atoms with Crippen LogP contribution >= 0.6 is 0 Å². The summed E-state index contributed by atoms with van der Waals surface area (Å²) in [6.45, 7) is 4.61. The van der Waals surface area contributed by atoms with Gasteiger partial charge in [-0.15, -0.1) is 0 Å². The quantitative estimate of drug-likeness (QED) is 0.605. The van der Waals surface area contributed by atoms with Gasteiger partial charge in [0.1, 0.15) is 0 Å². The van der Waals surface area contributed by atoms with Crippen molar-refractivity contribution in [3.8, 4) is 0 Å². The standard InChI is InChI=1S/C10H21N/c1-4-9(2)11(3)10-7-5-6-8-10/h9-10H,4-8H2,1-3H3. The van der Waals surface area contributed by atoms with E-state index < -0.39 is 0 Å². The van der Waals surface area contributed by atoms with Gasteiger partial charge >= 0.3 is 0 Å². The molecule has 1 unspecified atom stereocenters. The van der Waals surface area contributed by atoms with Crippen LogP contribution in [-0.4, -0.2) is 24.0 Å². The van der Waals surface area contributed by atoms with Crippen LogP contribution in [0.15, 0.2) is 0 Å².